The van der Waals surface area contributed by atoms with Gasteiger partial charge in [0.2, 0.25) is 0 Å². The second-order valence-electron chi connectivity index (χ2n) is 2.49. The number of aliphatic hydroxyl groups excluding tert-OH is 2. The Morgan fingerprint density at radius 2 is 2.20 bits per heavy atom. The maximum atomic E-state index is 9.18. The van der Waals surface area contributed by atoms with Crippen LogP contribution in [-0.2, 0) is 4.74 Å². The van der Waals surface area contributed by atoms with Gasteiger partial charge in [-0.15, -0.1) is 0 Å². The minimum absolute atomic E-state index is 0.262. The normalized spacial score (nSPS) is 41.7. The average molecular weight is 147 g/mol. The van der Waals surface area contributed by atoms with Gasteiger partial charge in [-0.2, -0.15) is 0 Å². The van der Waals surface area contributed by atoms with Crippen molar-refractivity contribution >= 4 is 0 Å². The lowest BCUT2D eigenvalue weighted by Crippen LogP contribution is -2.47. The maximum absolute atomic E-state index is 9.18. The van der Waals surface area contributed by atoms with E-state index in [0.29, 0.717) is 13.0 Å². The molecule has 0 aliphatic carbocycles. The largest absolute Gasteiger partial charge is 0.390 e. The third-order valence-corrected chi connectivity index (χ3v) is 1.75. The van der Waals surface area contributed by atoms with Crippen LogP contribution in [0.25, 0.3) is 0 Å². The van der Waals surface area contributed by atoms with Gasteiger partial charge in [-0.05, 0) is 6.42 Å². The highest BCUT2D eigenvalue weighted by Crippen LogP contribution is 2.13. The van der Waals surface area contributed by atoms with Gasteiger partial charge in [0.1, 0.15) is 6.10 Å². The number of hydrogen-bond donors (Lipinski definition) is 3. The van der Waals surface area contributed by atoms with Gasteiger partial charge in [-0.25, -0.2) is 0 Å². The van der Waals surface area contributed by atoms with Crippen LogP contribution >= 0.6 is 0 Å². The topological polar surface area (TPSA) is 75.7 Å². The molecule has 0 bridgehead atoms. The van der Waals surface area contributed by atoms with Crippen molar-refractivity contribution in [3.63, 3.8) is 0 Å². The monoisotopic (exact) mass is 147 g/mol. The summed E-state index contributed by atoms with van der Waals surface area (Å²) in [7, 11) is 0. The molecule has 4 nitrogen and oxygen atoms in total. The van der Waals surface area contributed by atoms with E-state index in [1.807, 2.05) is 0 Å². The Hall–Kier alpha value is -0.160. The molecule has 0 aromatic rings. The summed E-state index contributed by atoms with van der Waals surface area (Å²) in [5.41, 5.74) is 5.26. The lowest BCUT2D eigenvalue weighted by atomic mass is 10.0. The molecule has 1 rings (SSSR count). The summed E-state index contributed by atoms with van der Waals surface area (Å²) in [5, 5.41) is 18.3. The van der Waals surface area contributed by atoms with E-state index in [1.165, 1.54) is 0 Å². The highest BCUT2D eigenvalue weighted by atomic mass is 16.5. The zero-order valence-electron chi connectivity index (χ0n) is 5.73. The molecule has 0 radical (unpaired) electrons. The van der Waals surface area contributed by atoms with Gasteiger partial charge < -0.3 is 20.7 Å². The zero-order valence-corrected chi connectivity index (χ0v) is 5.73. The number of hydrogen-bond acceptors (Lipinski definition) is 4. The first-order chi connectivity index (χ1) is 4.75. The van der Waals surface area contributed by atoms with Gasteiger partial charge in [0.15, 0.2) is 0 Å². The van der Waals surface area contributed by atoms with Crippen LogP contribution in [0.1, 0.15) is 6.42 Å². The molecule has 2 unspecified atom stereocenters. The predicted molar refractivity (Wildman–Crippen MR) is 35.4 cm³/mol. The van der Waals surface area contributed by atoms with E-state index >= 15 is 0 Å². The third kappa shape index (κ3) is 1.46. The van der Waals surface area contributed by atoms with Crippen molar-refractivity contribution in [2.45, 2.75) is 24.7 Å². The Labute approximate surface area is 59.6 Å². The van der Waals surface area contributed by atoms with Crippen LogP contribution in [-0.4, -0.2) is 41.7 Å². The highest BCUT2D eigenvalue weighted by Gasteiger charge is 2.29. The van der Waals surface area contributed by atoms with E-state index in [4.69, 9.17) is 15.6 Å². The van der Waals surface area contributed by atoms with Crippen molar-refractivity contribution in [2.75, 3.05) is 13.2 Å². The van der Waals surface area contributed by atoms with Crippen molar-refractivity contribution in [1.82, 2.24) is 0 Å². The summed E-state index contributed by atoms with van der Waals surface area (Å²) in [6.07, 6.45) is -1.36. The molecule has 10 heavy (non-hydrogen) atoms. The molecule has 60 valence electrons. The Morgan fingerprint density at radius 1 is 1.50 bits per heavy atom. The summed E-state index contributed by atoms with van der Waals surface area (Å²) < 4.78 is 5.07. The summed E-state index contributed by atoms with van der Waals surface area (Å²) in [4.78, 5) is 0. The van der Waals surface area contributed by atoms with Gasteiger partial charge in [0, 0.05) is 13.2 Å². The molecule has 1 aliphatic rings. The SMILES string of the molecule is NCC1OCCC(O)[C@@H]1O. The first kappa shape index (κ1) is 7.94. The Bertz CT molecular complexity index is 109. The molecule has 0 amide bonds. The number of ether oxygens (including phenoxy) is 1. The third-order valence-electron chi connectivity index (χ3n) is 1.75. The van der Waals surface area contributed by atoms with E-state index < -0.39 is 12.2 Å². The lowest BCUT2D eigenvalue weighted by Gasteiger charge is -2.30. The first-order valence-electron chi connectivity index (χ1n) is 3.43. The molecule has 4 heteroatoms. The van der Waals surface area contributed by atoms with E-state index in [9.17, 15) is 5.11 Å². The summed E-state index contributed by atoms with van der Waals surface area (Å²) in [6, 6.07) is 0. The highest BCUT2D eigenvalue weighted by molar-refractivity contribution is 4.80. The van der Waals surface area contributed by atoms with Crippen molar-refractivity contribution in [3.05, 3.63) is 0 Å². The lowest BCUT2D eigenvalue weighted by molar-refractivity contribution is -0.130. The van der Waals surface area contributed by atoms with Gasteiger partial charge in [0.25, 0.3) is 0 Å². The quantitative estimate of drug-likeness (QED) is 0.420. The van der Waals surface area contributed by atoms with Crippen molar-refractivity contribution < 1.29 is 14.9 Å². The smallest absolute Gasteiger partial charge is 0.107 e. The van der Waals surface area contributed by atoms with E-state index in [0.717, 1.165) is 0 Å². The molecular formula is C6H13NO3. The molecule has 0 aromatic heterocycles. The molecule has 1 heterocycles. The van der Waals surface area contributed by atoms with Gasteiger partial charge in [-0.1, -0.05) is 0 Å². The van der Waals surface area contributed by atoms with E-state index in [2.05, 4.69) is 0 Å². The summed E-state index contributed by atoms with van der Waals surface area (Å²) in [6.45, 7) is 0.748. The van der Waals surface area contributed by atoms with E-state index in [-0.39, 0.29) is 12.6 Å². The molecular weight excluding hydrogens is 134 g/mol. The number of aliphatic hydroxyl groups is 2. The number of nitrogens with two attached hydrogens (primary N) is 1. The standard InChI is InChI=1S/C6H13NO3/c7-3-5-6(9)4(8)1-2-10-5/h4-6,8-9H,1-3,7H2/t4?,5?,6-/m0/s1. The van der Waals surface area contributed by atoms with Crippen molar-refractivity contribution in [3.8, 4) is 0 Å². The van der Waals surface area contributed by atoms with Crippen LogP contribution in [0.15, 0.2) is 0 Å². The Morgan fingerprint density at radius 3 is 2.70 bits per heavy atom. The maximum Gasteiger partial charge on any atom is 0.107 e. The molecule has 0 spiro atoms. The Balaban J connectivity index is 2.42. The molecule has 0 saturated carbocycles. The summed E-state index contributed by atoms with van der Waals surface area (Å²) >= 11 is 0. The molecule has 1 aliphatic heterocycles. The van der Waals surface area contributed by atoms with Crippen LogP contribution in [0, 0.1) is 0 Å². The molecule has 4 N–H and O–H groups in total. The second kappa shape index (κ2) is 3.30. The van der Waals surface area contributed by atoms with Crippen LogP contribution in [0.2, 0.25) is 0 Å². The molecule has 1 saturated heterocycles. The summed E-state index contributed by atoms with van der Waals surface area (Å²) in [5.74, 6) is 0. The zero-order chi connectivity index (χ0) is 7.56. The van der Waals surface area contributed by atoms with Crippen molar-refractivity contribution in [2.24, 2.45) is 5.73 Å². The van der Waals surface area contributed by atoms with Crippen LogP contribution in [0.4, 0.5) is 0 Å². The van der Waals surface area contributed by atoms with Gasteiger partial charge >= 0.3 is 0 Å². The first-order valence-corrected chi connectivity index (χ1v) is 3.43. The average Bonchev–Trinajstić information content (AvgIpc) is 1.95. The fourth-order valence-corrected chi connectivity index (χ4v) is 1.06. The van der Waals surface area contributed by atoms with Gasteiger partial charge in [0.05, 0.1) is 12.2 Å². The second-order valence-corrected chi connectivity index (χ2v) is 2.49. The minimum Gasteiger partial charge on any atom is -0.390 e. The van der Waals surface area contributed by atoms with Crippen LogP contribution in [0.5, 0.6) is 0 Å². The molecule has 3 atom stereocenters. The fourth-order valence-electron chi connectivity index (χ4n) is 1.06. The molecule has 1 fully saturated rings. The Kier molecular flexibility index (Phi) is 2.62. The van der Waals surface area contributed by atoms with E-state index in [1.54, 1.807) is 0 Å². The van der Waals surface area contributed by atoms with Gasteiger partial charge in [-0.3, -0.25) is 0 Å². The fraction of sp³-hybridized carbons (Fsp3) is 1.00. The minimum atomic E-state index is -0.807. The predicted octanol–water partition coefficient (Wildman–Crippen LogP) is -1.54. The van der Waals surface area contributed by atoms with Crippen LogP contribution in [0.3, 0.4) is 0 Å². The number of rotatable bonds is 1. The molecule has 0 aromatic carbocycles. The van der Waals surface area contributed by atoms with Crippen molar-refractivity contribution in [1.29, 1.82) is 0 Å². The van der Waals surface area contributed by atoms with Crippen LogP contribution < -0.4 is 5.73 Å².